The summed E-state index contributed by atoms with van der Waals surface area (Å²) < 4.78 is 0. The van der Waals surface area contributed by atoms with E-state index in [2.05, 4.69) is 67.6 Å². The molecule has 0 aliphatic heterocycles. The van der Waals surface area contributed by atoms with Crippen LogP contribution in [0.3, 0.4) is 0 Å². The summed E-state index contributed by atoms with van der Waals surface area (Å²) in [6.07, 6.45) is 3.67. The van der Waals surface area contributed by atoms with E-state index in [1.165, 1.54) is 0 Å². The molecule has 1 aromatic carbocycles. The first-order chi connectivity index (χ1) is 10.7. The molecule has 4 nitrogen and oxygen atoms in total. The topological polar surface area (TPSA) is 37.2 Å². The van der Waals surface area contributed by atoms with Crippen molar-refractivity contribution in [2.75, 3.05) is 20.2 Å². The van der Waals surface area contributed by atoms with Crippen molar-refractivity contribution in [3.63, 3.8) is 0 Å². The molecule has 0 aromatic heterocycles. The summed E-state index contributed by atoms with van der Waals surface area (Å²) in [6, 6.07) is 5.33. The Labute approximate surface area is 142 Å². The Balaban J connectivity index is 2.71. The number of benzene rings is 1. The van der Waals surface area contributed by atoms with E-state index in [-0.39, 0.29) is 0 Å². The first-order valence-corrected chi connectivity index (χ1v) is 11.9. The van der Waals surface area contributed by atoms with Crippen molar-refractivity contribution in [3.8, 4) is 0 Å². The van der Waals surface area contributed by atoms with Gasteiger partial charge in [0.05, 0.1) is 18.2 Å². The minimum atomic E-state index is -1.05. The molecule has 0 spiro atoms. The van der Waals surface area contributed by atoms with E-state index in [4.69, 9.17) is 4.84 Å². The molecule has 0 atom stereocenters. The number of aliphatic imine (C=N–C) groups is 1. The van der Waals surface area contributed by atoms with Crippen molar-refractivity contribution < 1.29 is 4.84 Å². The summed E-state index contributed by atoms with van der Waals surface area (Å²) in [5.41, 5.74) is 4.37. The van der Waals surface area contributed by atoms with E-state index >= 15 is 0 Å². The molecule has 0 radical (unpaired) electrons. The molecule has 0 aliphatic rings. The van der Waals surface area contributed by atoms with Crippen molar-refractivity contribution in [1.29, 1.82) is 0 Å². The van der Waals surface area contributed by atoms with Crippen LogP contribution in [0.15, 0.2) is 22.3 Å². The van der Waals surface area contributed by atoms with Gasteiger partial charge in [0.2, 0.25) is 0 Å². The number of hydrogen-bond donors (Lipinski definition) is 0. The van der Waals surface area contributed by atoms with Crippen LogP contribution in [0, 0.1) is 13.8 Å². The highest BCUT2D eigenvalue weighted by Crippen LogP contribution is 2.22. The Bertz CT molecular complexity index is 562. The highest BCUT2D eigenvalue weighted by Gasteiger charge is 2.12. The van der Waals surface area contributed by atoms with Crippen LogP contribution in [-0.2, 0) is 4.84 Å². The molecule has 0 bridgehead atoms. The lowest BCUT2D eigenvalue weighted by Crippen LogP contribution is -2.21. The second-order valence-electron chi connectivity index (χ2n) is 7.19. The Morgan fingerprint density at radius 1 is 1.17 bits per heavy atom. The molecule has 0 saturated carbocycles. The maximum atomic E-state index is 5.40. The van der Waals surface area contributed by atoms with Gasteiger partial charge < -0.3 is 9.74 Å². The van der Waals surface area contributed by atoms with Crippen LogP contribution in [0.25, 0.3) is 0 Å². The van der Waals surface area contributed by atoms with Crippen LogP contribution in [0.5, 0.6) is 0 Å². The minimum absolute atomic E-state index is 0.704. The fourth-order valence-electron chi connectivity index (χ4n) is 1.84. The van der Waals surface area contributed by atoms with E-state index in [0.29, 0.717) is 6.61 Å². The lowest BCUT2D eigenvalue weighted by atomic mass is 10.0. The summed E-state index contributed by atoms with van der Waals surface area (Å²) in [5.74, 6) is 0. The normalized spacial score (nSPS) is 12.3. The van der Waals surface area contributed by atoms with Crippen molar-refractivity contribution in [2.45, 2.75) is 46.5 Å². The Morgan fingerprint density at radius 2 is 1.87 bits per heavy atom. The zero-order chi connectivity index (χ0) is 17.5. The molecule has 0 unspecified atom stereocenters. The van der Waals surface area contributed by atoms with Crippen LogP contribution in [0.4, 0.5) is 5.69 Å². The third-order valence-electron chi connectivity index (χ3n) is 3.69. The molecule has 0 aliphatic carbocycles. The maximum Gasteiger partial charge on any atom is 0.114 e. The molecule has 0 amide bonds. The van der Waals surface area contributed by atoms with Gasteiger partial charge in [-0.1, -0.05) is 24.8 Å². The quantitative estimate of drug-likeness (QED) is 0.229. The number of nitrogens with zero attached hydrogens (tertiary/aromatic N) is 3. The van der Waals surface area contributed by atoms with Crippen molar-refractivity contribution in [2.24, 2.45) is 10.1 Å². The monoisotopic (exact) mass is 333 g/mol. The third kappa shape index (κ3) is 7.46. The molecule has 0 saturated heterocycles. The summed E-state index contributed by atoms with van der Waals surface area (Å²) in [5, 5.41) is 4.11. The first-order valence-electron chi connectivity index (χ1n) is 8.24. The Hall–Kier alpha value is -1.62. The van der Waals surface area contributed by atoms with Gasteiger partial charge >= 0.3 is 0 Å². The van der Waals surface area contributed by atoms with Crippen LogP contribution in [-0.4, -0.2) is 45.7 Å². The molecular weight excluding hydrogens is 302 g/mol. The summed E-state index contributed by atoms with van der Waals surface area (Å²) >= 11 is 0. The van der Waals surface area contributed by atoms with E-state index < -0.39 is 8.07 Å². The van der Waals surface area contributed by atoms with Gasteiger partial charge in [-0.2, -0.15) is 0 Å². The molecule has 0 heterocycles. The van der Waals surface area contributed by atoms with Gasteiger partial charge in [0.25, 0.3) is 0 Å². The van der Waals surface area contributed by atoms with Crippen LogP contribution in [0.2, 0.25) is 25.7 Å². The fourth-order valence-corrected chi connectivity index (χ4v) is 2.55. The molecule has 1 aromatic rings. The maximum absolute atomic E-state index is 5.40. The Morgan fingerprint density at radius 3 is 2.48 bits per heavy atom. The fraction of sp³-hybridized carbons (Fsp3) is 0.556. The van der Waals surface area contributed by atoms with Gasteiger partial charge in [0.15, 0.2) is 0 Å². The number of hydrogen-bond acceptors (Lipinski definition) is 3. The lowest BCUT2D eigenvalue weighted by Gasteiger charge is -2.13. The zero-order valence-electron chi connectivity index (χ0n) is 15.7. The van der Waals surface area contributed by atoms with Crippen LogP contribution < -0.4 is 0 Å². The highest BCUT2D eigenvalue weighted by atomic mass is 28.3. The van der Waals surface area contributed by atoms with E-state index in [9.17, 15) is 0 Å². The van der Waals surface area contributed by atoms with E-state index in [0.717, 1.165) is 35.0 Å². The number of aryl methyl sites for hydroxylation is 2. The molecule has 5 heteroatoms. The first kappa shape index (κ1) is 19.4. The summed E-state index contributed by atoms with van der Waals surface area (Å²) in [7, 11) is 0.964. The molecule has 23 heavy (non-hydrogen) atoms. The lowest BCUT2D eigenvalue weighted by molar-refractivity contribution is 0.159. The average Bonchev–Trinajstić information content (AvgIpc) is 2.46. The Kier molecular flexibility index (Phi) is 7.49. The predicted octanol–water partition coefficient (Wildman–Crippen LogP) is 4.60. The van der Waals surface area contributed by atoms with Gasteiger partial charge in [-0.15, -0.1) is 0 Å². The summed E-state index contributed by atoms with van der Waals surface area (Å²) in [6.45, 7) is 14.9. The highest BCUT2D eigenvalue weighted by molar-refractivity contribution is 6.76. The number of oxime groups is 1. The third-order valence-corrected chi connectivity index (χ3v) is 5.39. The van der Waals surface area contributed by atoms with E-state index in [1.807, 2.05) is 13.4 Å². The average molecular weight is 334 g/mol. The van der Waals surface area contributed by atoms with E-state index in [1.54, 1.807) is 6.21 Å². The van der Waals surface area contributed by atoms with Crippen LogP contribution in [0.1, 0.15) is 23.6 Å². The largest absolute Gasteiger partial charge is 0.396 e. The molecule has 128 valence electrons. The molecule has 1 rings (SSSR count). The van der Waals surface area contributed by atoms with Crippen molar-refractivity contribution in [3.05, 3.63) is 28.8 Å². The smallest absolute Gasteiger partial charge is 0.114 e. The number of rotatable bonds is 8. The second-order valence-corrected chi connectivity index (χ2v) is 12.8. The summed E-state index contributed by atoms with van der Waals surface area (Å²) in [4.78, 5) is 12.0. The van der Waals surface area contributed by atoms with Crippen LogP contribution >= 0.6 is 0 Å². The van der Waals surface area contributed by atoms with Crippen molar-refractivity contribution >= 4 is 26.3 Å². The predicted molar refractivity (Wildman–Crippen MR) is 104 cm³/mol. The molecule has 0 N–H and O–H groups in total. The molecular formula is C18H31N3OSi. The SMILES string of the molecule is CCN(C)/C=N/c1cc(C)c(/C=N/OCC[Si](C)(C)C)cc1C. The van der Waals surface area contributed by atoms with Gasteiger partial charge in [-0.25, -0.2) is 4.99 Å². The second kappa shape index (κ2) is 8.87. The van der Waals surface area contributed by atoms with Gasteiger partial charge in [0.1, 0.15) is 6.61 Å². The standard InChI is InChI=1S/C18H31N3OSi/c1-8-21(4)14-19-18-12-15(2)17(11-16(18)3)13-20-22-9-10-23(5,6)7/h11-14H,8-10H2,1-7H3/b19-14+,20-13+. The minimum Gasteiger partial charge on any atom is -0.396 e. The van der Waals surface area contributed by atoms with Gasteiger partial charge in [-0.05, 0) is 55.6 Å². The molecule has 0 fully saturated rings. The van der Waals surface area contributed by atoms with Crippen molar-refractivity contribution in [1.82, 2.24) is 4.90 Å². The zero-order valence-corrected chi connectivity index (χ0v) is 16.7. The van der Waals surface area contributed by atoms with Gasteiger partial charge in [0, 0.05) is 21.7 Å². The van der Waals surface area contributed by atoms with Gasteiger partial charge in [-0.3, -0.25) is 0 Å².